The lowest BCUT2D eigenvalue weighted by Crippen LogP contribution is -2.65. The summed E-state index contributed by atoms with van der Waals surface area (Å²) in [4.78, 5) is 13.0. The molecule has 2 fully saturated rings. The van der Waals surface area contributed by atoms with Gasteiger partial charge in [-0.15, -0.1) is 0 Å². The van der Waals surface area contributed by atoms with Crippen molar-refractivity contribution in [2.75, 3.05) is 19.8 Å². The van der Waals surface area contributed by atoms with Crippen molar-refractivity contribution in [2.24, 2.45) is 0 Å². The van der Waals surface area contributed by atoms with Gasteiger partial charge in [-0.2, -0.15) is 0 Å². The molecule has 342 valence electrons. The molecule has 1 amide bonds. The lowest BCUT2D eigenvalue weighted by Gasteiger charge is -2.46. The van der Waals surface area contributed by atoms with Crippen LogP contribution in [-0.4, -0.2) is 140 Å². The average molecular weight is 850 g/mol. The molecule has 0 aromatic rings. The van der Waals surface area contributed by atoms with Crippen LogP contribution in [0.2, 0.25) is 0 Å². The predicted molar refractivity (Wildman–Crippen MR) is 230 cm³/mol. The first-order chi connectivity index (χ1) is 29.1. The zero-order chi connectivity index (χ0) is 44.0. The molecule has 0 aromatic heterocycles. The van der Waals surface area contributed by atoms with E-state index >= 15 is 0 Å². The second-order valence-electron chi connectivity index (χ2n) is 15.1. The molecule has 2 aliphatic rings. The highest BCUT2D eigenvalue weighted by molar-refractivity contribution is 5.76. The van der Waals surface area contributed by atoms with Gasteiger partial charge in [-0.1, -0.05) is 112 Å². The molecule has 14 nitrogen and oxygen atoms in total. The molecule has 9 N–H and O–H groups in total. The van der Waals surface area contributed by atoms with Crippen molar-refractivity contribution in [2.45, 2.75) is 177 Å². The summed E-state index contributed by atoms with van der Waals surface area (Å²) in [6.07, 6.45) is 23.9. The molecule has 0 aromatic carbocycles. The van der Waals surface area contributed by atoms with Gasteiger partial charge in [0, 0.05) is 6.42 Å². The molecule has 0 spiro atoms. The summed E-state index contributed by atoms with van der Waals surface area (Å²) in [5.74, 6) is -0.292. The molecule has 14 heteroatoms. The maximum Gasteiger partial charge on any atom is 0.220 e. The molecule has 2 rings (SSSR count). The van der Waals surface area contributed by atoms with Gasteiger partial charge >= 0.3 is 0 Å². The third-order valence-corrected chi connectivity index (χ3v) is 10.0. The smallest absolute Gasteiger partial charge is 0.220 e. The van der Waals surface area contributed by atoms with Crippen molar-refractivity contribution < 1.29 is 64.6 Å². The topological polar surface area (TPSA) is 228 Å². The van der Waals surface area contributed by atoms with Crippen LogP contribution < -0.4 is 5.32 Å². The molecule has 2 heterocycles. The van der Waals surface area contributed by atoms with Crippen molar-refractivity contribution in [1.29, 1.82) is 0 Å². The number of aliphatic hydroxyl groups is 8. The number of hydrogen-bond acceptors (Lipinski definition) is 13. The number of amides is 1. The number of hydrogen-bond donors (Lipinski definition) is 9. The Bertz CT molecular complexity index is 1330. The summed E-state index contributed by atoms with van der Waals surface area (Å²) in [7, 11) is 0. The first-order valence-electron chi connectivity index (χ1n) is 21.8. The fourth-order valence-electron chi connectivity index (χ4n) is 6.45. The van der Waals surface area contributed by atoms with Crippen molar-refractivity contribution >= 4 is 5.91 Å². The number of carbonyl (C=O) groups excluding carboxylic acids is 1. The van der Waals surface area contributed by atoms with E-state index in [0.29, 0.717) is 12.8 Å². The van der Waals surface area contributed by atoms with Gasteiger partial charge in [0.2, 0.25) is 5.91 Å². The summed E-state index contributed by atoms with van der Waals surface area (Å²) in [5, 5.41) is 86.1. The normalized spacial score (nSPS) is 29.1. The monoisotopic (exact) mass is 850 g/mol. The summed E-state index contributed by atoms with van der Waals surface area (Å²) >= 11 is 0. The molecule has 2 aliphatic heterocycles. The lowest BCUT2D eigenvalue weighted by atomic mass is 9.97. The number of unbranched alkanes of at least 4 members (excludes halogenated alkanes) is 5. The minimum Gasteiger partial charge on any atom is -0.394 e. The van der Waals surface area contributed by atoms with Gasteiger partial charge in [0.25, 0.3) is 0 Å². The lowest BCUT2D eigenvalue weighted by molar-refractivity contribution is -0.359. The Morgan fingerprint density at radius 1 is 0.617 bits per heavy atom. The van der Waals surface area contributed by atoms with Crippen LogP contribution >= 0.6 is 0 Å². The fourth-order valence-corrected chi connectivity index (χ4v) is 6.45. The van der Waals surface area contributed by atoms with Crippen LogP contribution in [0, 0.1) is 0 Å². The number of carbonyl (C=O) groups is 1. The minimum atomic E-state index is -1.80. The van der Waals surface area contributed by atoms with Crippen LogP contribution in [-0.2, 0) is 23.7 Å². The Hall–Kier alpha value is -2.83. The first-order valence-corrected chi connectivity index (χ1v) is 21.8. The van der Waals surface area contributed by atoms with E-state index in [2.05, 4.69) is 92.1 Å². The van der Waals surface area contributed by atoms with E-state index in [4.69, 9.17) is 18.9 Å². The van der Waals surface area contributed by atoms with Gasteiger partial charge in [0.05, 0.1) is 32.0 Å². The Labute approximate surface area is 357 Å². The molecule has 0 saturated carbocycles. The van der Waals surface area contributed by atoms with Gasteiger partial charge in [-0.05, 0) is 70.6 Å². The van der Waals surface area contributed by atoms with E-state index in [-0.39, 0.29) is 18.9 Å². The highest BCUT2D eigenvalue weighted by Gasteiger charge is 2.50. The van der Waals surface area contributed by atoms with Crippen LogP contribution in [0.15, 0.2) is 85.1 Å². The molecule has 12 atom stereocenters. The standard InChI is InChI=1S/C46H75NO13/c1-3-5-7-9-11-12-13-14-15-16-17-18-19-20-21-22-24-26-28-30-38(51)47-34(35(50)29-27-25-23-10-8-6-4-2)33-57-45-43(56)41(54)44(37(32-49)59-45)60-46-42(55)40(53)39(52)36(31-48)58-46/h5,7-8,10-12,14-15,17-18,20-21,27,29,34-37,39-46,48-50,52-56H,3-4,6,9,13,16,19,22-26,28,30-33H2,1-2H3,(H,47,51)/b7-5-,10-8+,12-11-,15-14-,18-17-,21-20-,29-27+. The van der Waals surface area contributed by atoms with Gasteiger partial charge < -0.3 is 65.1 Å². The van der Waals surface area contributed by atoms with E-state index in [1.807, 2.05) is 6.08 Å². The van der Waals surface area contributed by atoms with Crippen molar-refractivity contribution in [3.8, 4) is 0 Å². The highest BCUT2D eigenvalue weighted by atomic mass is 16.7. The van der Waals surface area contributed by atoms with E-state index in [1.54, 1.807) is 6.08 Å². The van der Waals surface area contributed by atoms with E-state index in [9.17, 15) is 45.6 Å². The van der Waals surface area contributed by atoms with Crippen LogP contribution in [0.4, 0.5) is 0 Å². The summed E-state index contributed by atoms with van der Waals surface area (Å²) in [5.41, 5.74) is 0. The highest BCUT2D eigenvalue weighted by Crippen LogP contribution is 2.29. The molecule has 60 heavy (non-hydrogen) atoms. The van der Waals surface area contributed by atoms with Crippen molar-refractivity contribution in [1.82, 2.24) is 5.32 Å². The zero-order valence-corrected chi connectivity index (χ0v) is 35.7. The van der Waals surface area contributed by atoms with E-state index in [1.165, 1.54) is 0 Å². The summed E-state index contributed by atoms with van der Waals surface area (Å²) in [6.45, 7) is 2.46. The number of nitrogens with one attached hydrogen (secondary N) is 1. The molecule has 0 bridgehead atoms. The molecule has 0 radical (unpaired) electrons. The average Bonchev–Trinajstić information content (AvgIpc) is 3.24. The molecule has 2 saturated heterocycles. The Kier molecular flexibility index (Phi) is 29.2. The Morgan fingerprint density at radius 3 is 1.78 bits per heavy atom. The second-order valence-corrected chi connectivity index (χ2v) is 15.1. The zero-order valence-electron chi connectivity index (χ0n) is 35.7. The molecule has 12 unspecified atom stereocenters. The van der Waals surface area contributed by atoms with Gasteiger partial charge in [-0.3, -0.25) is 4.79 Å². The Balaban J connectivity index is 1.87. The first kappa shape index (κ1) is 53.3. The maximum atomic E-state index is 13.0. The second kappa shape index (κ2) is 32.8. The van der Waals surface area contributed by atoms with Crippen LogP contribution in [0.1, 0.15) is 104 Å². The number of aliphatic hydroxyl groups excluding tert-OH is 8. The van der Waals surface area contributed by atoms with Crippen LogP contribution in [0.3, 0.4) is 0 Å². The van der Waals surface area contributed by atoms with E-state index in [0.717, 1.165) is 70.6 Å². The Morgan fingerprint density at radius 2 is 1.17 bits per heavy atom. The quantitative estimate of drug-likeness (QED) is 0.0370. The number of ether oxygens (including phenoxy) is 4. The maximum absolute atomic E-state index is 13.0. The minimum absolute atomic E-state index is 0.228. The molecular formula is C46H75NO13. The van der Waals surface area contributed by atoms with Crippen molar-refractivity contribution in [3.63, 3.8) is 0 Å². The van der Waals surface area contributed by atoms with Gasteiger partial charge in [-0.25, -0.2) is 0 Å². The van der Waals surface area contributed by atoms with Gasteiger partial charge in [0.15, 0.2) is 12.6 Å². The SMILES string of the molecule is CC/C=C\C/C=C\C/C=C\C/C=C\C/C=C\CCCCCC(=O)NC(COC1OC(CO)C(OC2OC(CO)C(O)C(O)C2O)C(O)C1O)C(O)/C=C/CC/C=C/CCC. The third-order valence-electron chi connectivity index (χ3n) is 10.0. The third kappa shape index (κ3) is 20.8. The van der Waals surface area contributed by atoms with Crippen LogP contribution in [0.25, 0.3) is 0 Å². The molecule has 0 aliphatic carbocycles. The molecular weight excluding hydrogens is 774 g/mol. The largest absolute Gasteiger partial charge is 0.394 e. The van der Waals surface area contributed by atoms with E-state index < -0.39 is 86.8 Å². The van der Waals surface area contributed by atoms with Crippen LogP contribution in [0.5, 0.6) is 0 Å². The van der Waals surface area contributed by atoms with Gasteiger partial charge in [0.1, 0.15) is 48.8 Å². The summed E-state index contributed by atoms with van der Waals surface area (Å²) < 4.78 is 22.5. The number of allylic oxidation sites excluding steroid dienone is 13. The number of rotatable bonds is 30. The fraction of sp³-hybridized carbons (Fsp3) is 0.674. The predicted octanol–water partition coefficient (Wildman–Crippen LogP) is 3.87. The summed E-state index contributed by atoms with van der Waals surface area (Å²) in [6, 6.07) is -0.950. The van der Waals surface area contributed by atoms with Crippen molar-refractivity contribution in [3.05, 3.63) is 85.1 Å².